The van der Waals surface area contributed by atoms with Crippen molar-refractivity contribution in [3.63, 3.8) is 0 Å². The molecular formula is C16H25NO3. The molecule has 1 aromatic carbocycles. The Labute approximate surface area is 121 Å². The molecule has 1 unspecified atom stereocenters. The third-order valence-electron chi connectivity index (χ3n) is 3.95. The van der Waals surface area contributed by atoms with Gasteiger partial charge < -0.3 is 19.5 Å². The van der Waals surface area contributed by atoms with Gasteiger partial charge in [0.15, 0.2) is 11.5 Å². The fraction of sp³-hybridized carbons (Fsp3) is 0.625. The van der Waals surface area contributed by atoms with Gasteiger partial charge in [-0.15, -0.1) is 0 Å². The maximum Gasteiger partial charge on any atom is 0.203 e. The van der Waals surface area contributed by atoms with E-state index in [-0.39, 0.29) is 0 Å². The van der Waals surface area contributed by atoms with Crippen LogP contribution in [0, 0.1) is 5.41 Å². The molecule has 1 fully saturated rings. The van der Waals surface area contributed by atoms with Crippen LogP contribution in [-0.2, 0) is 0 Å². The molecule has 2 rings (SSSR count). The molecule has 0 aromatic heterocycles. The van der Waals surface area contributed by atoms with E-state index in [1.165, 1.54) is 5.56 Å². The van der Waals surface area contributed by atoms with Gasteiger partial charge in [-0.1, -0.05) is 13.8 Å². The van der Waals surface area contributed by atoms with Gasteiger partial charge in [0.25, 0.3) is 0 Å². The van der Waals surface area contributed by atoms with Crippen LogP contribution in [0.3, 0.4) is 0 Å². The van der Waals surface area contributed by atoms with E-state index in [2.05, 4.69) is 31.3 Å². The minimum absolute atomic E-state index is 0.309. The molecule has 0 radical (unpaired) electrons. The van der Waals surface area contributed by atoms with Crippen molar-refractivity contribution in [2.75, 3.05) is 34.4 Å². The highest BCUT2D eigenvalue weighted by Crippen LogP contribution is 2.42. The van der Waals surface area contributed by atoms with E-state index in [0.29, 0.717) is 17.1 Å². The Balaban J connectivity index is 2.36. The predicted molar refractivity (Wildman–Crippen MR) is 80.1 cm³/mol. The minimum atomic E-state index is 0.309. The van der Waals surface area contributed by atoms with Gasteiger partial charge in [0.1, 0.15) is 0 Å². The van der Waals surface area contributed by atoms with Gasteiger partial charge in [0, 0.05) is 13.1 Å². The van der Waals surface area contributed by atoms with E-state index in [1.54, 1.807) is 21.3 Å². The van der Waals surface area contributed by atoms with Crippen LogP contribution in [0.4, 0.5) is 0 Å². The summed E-state index contributed by atoms with van der Waals surface area (Å²) in [4.78, 5) is 0. The first-order chi connectivity index (χ1) is 9.50. The van der Waals surface area contributed by atoms with Crippen molar-refractivity contribution in [1.29, 1.82) is 0 Å². The van der Waals surface area contributed by atoms with Crippen molar-refractivity contribution >= 4 is 0 Å². The molecule has 0 bridgehead atoms. The first-order valence-corrected chi connectivity index (χ1v) is 7.01. The normalized spacial score (nSPS) is 21.4. The molecule has 112 valence electrons. The van der Waals surface area contributed by atoms with E-state index >= 15 is 0 Å². The van der Waals surface area contributed by atoms with Crippen LogP contribution in [-0.4, -0.2) is 34.4 Å². The third kappa shape index (κ3) is 3.01. The molecule has 1 heterocycles. The van der Waals surface area contributed by atoms with Crippen molar-refractivity contribution in [2.45, 2.75) is 26.2 Å². The first-order valence-electron chi connectivity index (χ1n) is 7.01. The molecule has 0 aliphatic carbocycles. The summed E-state index contributed by atoms with van der Waals surface area (Å²) in [7, 11) is 4.94. The standard InChI is InChI=1S/C16H25NO3/c1-16(2)8-12(9-17-10-16)11-6-13(18-3)15(20-5)14(7-11)19-4/h6-7,12,17H,8-10H2,1-5H3. The number of piperidine rings is 1. The summed E-state index contributed by atoms with van der Waals surface area (Å²) in [5.74, 6) is 2.57. The van der Waals surface area contributed by atoms with Gasteiger partial charge in [0.2, 0.25) is 5.75 Å². The Morgan fingerprint density at radius 1 is 1.05 bits per heavy atom. The van der Waals surface area contributed by atoms with Crippen LogP contribution < -0.4 is 19.5 Å². The van der Waals surface area contributed by atoms with E-state index in [1.807, 2.05) is 0 Å². The van der Waals surface area contributed by atoms with Crippen LogP contribution in [0.15, 0.2) is 12.1 Å². The fourth-order valence-electron chi connectivity index (χ4n) is 2.97. The molecule has 1 atom stereocenters. The van der Waals surface area contributed by atoms with Crippen LogP contribution in [0.5, 0.6) is 17.2 Å². The molecule has 4 nitrogen and oxygen atoms in total. The summed E-state index contributed by atoms with van der Waals surface area (Å²) < 4.78 is 16.2. The minimum Gasteiger partial charge on any atom is -0.493 e. The highest BCUT2D eigenvalue weighted by atomic mass is 16.5. The van der Waals surface area contributed by atoms with Crippen molar-refractivity contribution in [1.82, 2.24) is 5.32 Å². The quantitative estimate of drug-likeness (QED) is 0.920. The number of methoxy groups -OCH3 is 3. The lowest BCUT2D eigenvalue weighted by atomic mass is 9.77. The van der Waals surface area contributed by atoms with Crippen LogP contribution >= 0.6 is 0 Å². The largest absolute Gasteiger partial charge is 0.493 e. The van der Waals surface area contributed by atoms with Crippen LogP contribution in [0.1, 0.15) is 31.7 Å². The van der Waals surface area contributed by atoms with Crippen molar-refractivity contribution in [2.24, 2.45) is 5.41 Å². The van der Waals surface area contributed by atoms with Gasteiger partial charge in [-0.3, -0.25) is 0 Å². The molecule has 0 spiro atoms. The number of benzene rings is 1. The number of hydrogen-bond acceptors (Lipinski definition) is 4. The van der Waals surface area contributed by atoms with Crippen molar-refractivity contribution < 1.29 is 14.2 Å². The first kappa shape index (κ1) is 15.0. The molecule has 1 aliphatic heterocycles. The molecule has 20 heavy (non-hydrogen) atoms. The Kier molecular flexibility index (Phi) is 4.43. The molecule has 4 heteroatoms. The van der Waals surface area contributed by atoms with Crippen LogP contribution in [0.2, 0.25) is 0 Å². The van der Waals surface area contributed by atoms with Gasteiger partial charge in [0.05, 0.1) is 21.3 Å². The van der Waals surface area contributed by atoms with E-state index in [9.17, 15) is 0 Å². The van der Waals surface area contributed by atoms with Crippen LogP contribution in [0.25, 0.3) is 0 Å². The Morgan fingerprint density at radius 3 is 2.10 bits per heavy atom. The average molecular weight is 279 g/mol. The summed E-state index contributed by atoms with van der Waals surface area (Å²) in [5.41, 5.74) is 1.54. The van der Waals surface area contributed by atoms with Crippen molar-refractivity contribution in [3.8, 4) is 17.2 Å². The van der Waals surface area contributed by atoms with E-state index in [4.69, 9.17) is 14.2 Å². The van der Waals surface area contributed by atoms with E-state index < -0.39 is 0 Å². The Hall–Kier alpha value is -1.42. The molecule has 0 amide bonds. The Morgan fingerprint density at radius 2 is 1.65 bits per heavy atom. The second kappa shape index (κ2) is 5.92. The summed E-state index contributed by atoms with van der Waals surface area (Å²) in [6, 6.07) is 4.13. The zero-order valence-electron chi connectivity index (χ0n) is 13.1. The number of nitrogens with one attached hydrogen (secondary N) is 1. The van der Waals surface area contributed by atoms with Gasteiger partial charge in [-0.25, -0.2) is 0 Å². The average Bonchev–Trinajstić information content (AvgIpc) is 2.44. The Bertz CT molecular complexity index is 446. The lowest BCUT2D eigenvalue weighted by Gasteiger charge is -2.36. The topological polar surface area (TPSA) is 39.7 Å². The summed E-state index contributed by atoms with van der Waals surface area (Å²) in [6.45, 7) is 6.64. The second-order valence-corrected chi connectivity index (χ2v) is 6.15. The zero-order valence-corrected chi connectivity index (χ0v) is 13.1. The maximum absolute atomic E-state index is 5.44. The molecule has 1 saturated heterocycles. The SMILES string of the molecule is COc1cc(C2CNCC(C)(C)C2)cc(OC)c1OC. The molecule has 0 saturated carbocycles. The van der Waals surface area contributed by atoms with Gasteiger partial charge in [-0.2, -0.15) is 0 Å². The highest BCUT2D eigenvalue weighted by molar-refractivity contribution is 5.54. The summed E-state index contributed by atoms with van der Waals surface area (Å²) >= 11 is 0. The monoisotopic (exact) mass is 279 g/mol. The number of rotatable bonds is 4. The molecule has 1 N–H and O–H groups in total. The smallest absolute Gasteiger partial charge is 0.203 e. The summed E-state index contributed by atoms with van der Waals surface area (Å²) in [6.07, 6.45) is 1.15. The molecular weight excluding hydrogens is 254 g/mol. The lowest BCUT2D eigenvalue weighted by molar-refractivity contribution is 0.239. The zero-order chi connectivity index (χ0) is 14.8. The van der Waals surface area contributed by atoms with Gasteiger partial charge >= 0.3 is 0 Å². The van der Waals surface area contributed by atoms with Gasteiger partial charge in [-0.05, 0) is 35.4 Å². The third-order valence-corrected chi connectivity index (χ3v) is 3.95. The highest BCUT2D eigenvalue weighted by Gasteiger charge is 2.29. The second-order valence-electron chi connectivity index (χ2n) is 6.15. The maximum atomic E-state index is 5.44. The molecule has 1 aromatic rings. The number of hydrogen-bond donors (Lipinski definition) is 1. The summed E-state index contributed by atoms with van der Waals surface area (Å²) in [5, 5.41) is 3.51. The van der Waals surface area contributed by atoms with Crippen molar-refractivity contribution in [3.05, 3.63) is 17.7 Å². The predicted octanol–water partition coefficient (Wildman–Crippen LogP) is 2.82. The lowest BCUT2D eigenvalue weighted by Crippen LogP contribution is -2.40. The van der Waals surface area contributed by atoms with E-state index in [0.717, 1.165) is 31.0 Å². The molecule has 1 aliphatic rings. The fourth-order valence-corrected chi connectivity index (χ4v) is 2.97. The number of ether oxygens (including phenoxy) is 3.